The number of hydrogen-bond acceptors (Lipinski definition) is 6. The van der Waals surface area contributed by atoms with Gasteiger partial charge in [0.1, 0.15) is 16.8 Å². The maximum atomic E-state index is 12.9. The lowest BCUT2D eigenvalue weighted by atomic mass is 10.0. The van der Waals surface area contributed by atoms with Crippen molar-refractivity contribution in [1.82, 2.24) is 20.2 Å². The van der Waals surface area contributed by atoms with Gasteiger partial charge in [0.15, 0.2) is 0 Å². The van der Waals surface area contributed by atoms with Crippen molar-refractivity contribution in [2.75, 3.05) is 5.43 Å². The highest BCUT2D eigenvalue weighted by molar-refractivity contribution is 8.00. The molecule has 2 aromatic heterocycles. The molecule has 4 rings (SSSR count). The van der Waals surface area contributed by atoms with Crippen molar-refractivity contribution in [1.29, 1.82) is 0 Å². The van der Waals surface area contributed by atoms with Crippen molar-refractivity contribution in [3.63, 3.8) is 0 Å². The van der Waals surface area contributed by atoms with E-state index in [9.17, 15) is 4.79 Å². The molecule has 3 aromatic rings. The van der Waals surface area contributed by atoms with Crippen LogP contribution in [-0.4, -0.2) is 26.0 Å². The second kappa shape index (κ2) is 6.87. The number of carbonyl (C=O) groups is 1. The summed E-state index contributed by atoms with van der Waals surface area (Å²) in [5.41, 5.74) is 5.61. The van der Waals surface area contributed by atoms with Crippen LogP contribution >= 0.6 is 11.8 Å². The van der Waals surface area contributed by atoms with Crippen molar-refractivity contribution >= 4 is 17.7 Å². The van der Waals surface area contributed by atoms with Crippen LogP contribution in [0.4, 0.5) is 0 Å². The third kappa shape index (κ3) is 3.20. The van der Waals surface area contributed by atoms with Gasteiger partial charge in [0.05, 0.1) is 18.8 Å². The number of rotatable bonds is 4. The van der Waals surface area contributed by atoms with Crippen LogP contribution in [0.1, 0.15) is 28.8 Å². The molecule has 0 aliphatic carbocycles. The van der Waals surface area contributed by atoms with Crippen LogP contribution in [0, 0.1) is 13.8 Å². The van der Waals surface area contributed by atoms with Crippen LogP contribution in [0.15, 0.2) is 52.2 Å². The molecule has 7 nitrogen and oxygen atoms in total. The smallest absolute Gasteiger partial charge is 0.236 e. The highest BCUT2D eigenvalue weighted by Crippen LogP contribution is 2.37. The van der Waals surface area contributed by atoms with Gasteiger partial charge in [-0.2, -0.15) is 0 Å². The van der Waals surface area contributed by atoms with Gasteiger partial charge in [0.25, 0.3) is 0 Å². The van der Waals surface area contributed by atoms with Crippen molar-refractivity contribution < 1.29 is 9.21 Å². The summed E-state index contributed by atoms with van der Waals surface area (Å²) in [4.78, 5) is 12.9. The zero-order valence-corrected chi connectivity index (χ0v) is 15.3. The summed E-state index contributed by atoms with van der Waals surface area (Å²) in [5, 5.41) is 11.5. The highest BCUT2D eigenvalue weighted by Gasteiger charge is 2.37. The van der Waals surface area contributed by atoms with E-state index in [-0.39, 0.29) is 17.2 Å². The number of thioether (sulfide) groups is 1. The van der Waals surface area contributed by atoms with E-state index in [1.165, 1.54) is 17.3 Å². The highest BCUT2D eigenvalue weighted by atomic mass is 32.2. The molecule has 0 radical (unpaired) electrons. The Morgan fingerprint density at radius 1 is 1.27 bits per heavy atom. The molecule has 1 aliphatic heterocycles. The first-order valence-electron chi connectivity index (χ1n) is 8.33. The fourth-order valence-corrected chi connectivity index (χ4v) is 4.02. The van der Waals surface area contributed by atoms with E-state index in [1.54, 1.807) is 12.3 Å². The molecule has 1 amide bonds. The molecule has 0 fully saturated rings. The molecule has 0 saturated heterocycles. The number of carbonyl (C=O) groups excluding carboxylic acids is 1. The number of nitrogens with one attached hydrogen (secondary N) is 2. The quantitative estimate of drug-likeness (QED) is 0.735. The SMILES string of the molecule is Cc1ccc(C2Nn3c(C)nnc3SC2C(=O)NCc2ccco2)cc1. The minimum atomic E-state index is -0.372. The van der Waals surface area contributed by atoms with E-state index in [0.717, 1.165) is 17.1 Å². The van der Waals surface area contributed by atoms with Crippen LogP contribution < -0.4 is 10.7 Å². The zero-order chi connectivity index (χ0) is 18.1. The number of aryl methyl sites for hydroxylation is 2. The molecule has 1 aliphatic rings. The Morgan fingerprint density at radius 2 is 2.08 bits per heavy atom. The first-order valence-corrected chi connectivity index (χ1v) is 9.21. The van der Waals surface area contributed by atoms with Gasteiger partial charge in [-0.05, 0) is 31.5 Å². The number of furan rings is 1. The summed E-state index contributed by atoms with van der Waals surface area (Å²) >= 11 is 1.41. The molecule has 2 unspecified atom stereocenters. The fraction of sp³-hybridized carbons (Fsp3) is 0.278. The fourth-order valence-electron chi connectivity index (χ4n) is 2.87. The van der Waals surface area contributed by atoms with E-state index in [1.807, 2.05) is 48.9 Å². The average Bonchev–Trinajstić information content (AvgIpc) is 3.29. The molecule has 3 heterocycles. The molecule has 2 N–H and O–H groups in total. The summed E-state index contributed by atoms with van der Waals surface area (Å²) in [6.07, 6.45) is 1.60. The molecule has 134 valence electrons. The number of aromatic nitrogens is 3. The monoisotopic (exact) mass is 369 g/mol. The maximum Gasteiger partial charge on any atom is 0.236 e. The summed E-state index contributed by atoms with van der Waals surface area (Å²) in [6, 6.07) is 11.6. The molecule has 0 saturated carbocycles. The molecule has 1 aromatic carbocycles. The molecular weight excluding hydrogens is 350 g/mol. The van der Waals surface area contributed by atoms with E-state index in [2.05, 4.69) is 20.9 Å². The second-order valence-corrected chi connectivity index (χ2v) is 7.33. The lowest BCUT2D eigenvalue weighted by Crippen LogP contribution is -2.43. The predicted octanol–water partition coefficient (Wildman–Crippen LogP) is 2.56. The number of nitrogens with zero attached hydrogens (tertiary/aromatic N) is 3. The van der Waals surface area contributed by atoms with Crippen LogP contribution in [0.2, 0.25) is 0 Å². The Balaban J connectivity index is 1.60. The third-order valence-electron chi connectivity index (χ3n) is 4.31. The van der Waals surface area contributed by atoms with Gasteiger partial charge in [-0.25, -0.2) is 4.68 Å². The maximum absolute atomic E-state index is 12.9. The summed E-state index contributed by atoms with van der Waals surface area (Å²) in [6.45, 7) is 4.28. The van der Waals surface area contributed by atoms with Gasteiger partial charge in [0.2, 0.25) is 11.1 Å². The molecule has 2 atom stereocenters. The van der Waals surface area contributed by atoms with Gasteiger partial charge in [-0.1, -0.05) is 41.6 Å². The Hall–Kier alpha value is -2.74. The van der Waals surface area contributed by atoms with Crippen LogP contribution in [0.5, 0.6) is 0 Å². The van der Waals surface area contributed by atoms with Gasteiger partial charge in [-0.3, -0.25) is 4.79 Å². The van der Waals surface area contributed by atoms with E-state index in [4.69, 9.17) is 4.42 Å². The molecule has 0 bridgehead atoms. The molecule has 8 heteroatoms. The van der Waals surface area contributed by atoms with E-state index in [0.29, 0.717) is 11.7 Å². The van der Waals surface area contributed by atoms with Crippen molar-refractivity contribution in [3.8, 4) is 0 Å². The van der Waals surface area contributed by atoms with E-state index >= 15 is 0 Å². The third-order valence-corrected chi connectivity index (χ3v) is 5.53. The lowest BCUT2D eigenvalue weighted by molar-refractivity contribution is -0.121. The molecule has 0 spiro atoms. The minimum absolute atomic E-state index is 0.0728. The van der Waals surface area contributed by atoms with Gasteiger partial charge < -0.3 is 15.2 Å². The van der Waals surface area contributed by atoms with Crippen molar-refractivity contribution in [2.24, 2.45) is 0 Å². The summed E-state index contributed by atoms with van der Waals surface area (Å²) < 4.78 is 7.13. The predicted molar refractivity (Wildman–Crippen MR) is 98.2 cm³/mol. The summed E-state index contributed by atoms with van der Waals surface area (Å²) in [5.74, 6) is 1.41. The van der Waals surface area contributed by atoms with Gasteiger partial charge in [-0.15, -0.1) is 10.2 Å². The van der Waals surface area contributed by atoms with Crippen LogP contribution in [-0.2, 0) is 11.3 Å². The lowest BCUT2D eigenvalue weighted by Gasteiger charge is -2.32. The summed E-state index contributed by atoms with van der Waals surface area (Å²) in [7, 11) is 0. The number of benzene rings is 1. The first-order chi connectivity index (χ1) is 12.6. The van der Waals surface area contributed by atoms with Crippen molar-refractivity contribution in [2.45, 2.75) is 36.8 Å². The van der Waals surface area contributed by atoms with Crippen molar-refractivity contribution in [3.05, 3.63) is 65.4 Å². The number of fused-ring (bicyclic) bond motifs is 1. The van der Waals surface area contributed by atoms with E-state index < -0.39 is 0 Å². The molecular formula is C18H19N5O2S. The zero-order valence-electron chi connectivity index (χ0n) is 14.5. The van der Waals surface area contributed by atoms with Crippen LogP contribution in [0.3, 0.4) is 0 Å². The van der Waals surface area contributed by atoms with Gasteiger partial charge >= 0.3 is 0 Å². The average molecular weight is 369 g/mol. The second-order valence-electron chi connectivity index (χ2n) is 6.22. The topological polar surface area (TPSA) is 85.0 Å². The van der Waals surface area contributed by atoms with Crippen LogP contribution in [0.25, 0.3) is 0 Å². The Bertz CT molecular complexity index is 904. The number of amides is 1. The molecule has 26 heavy (non-hydrogen) atoms. The van der Waals surface area contributed by atoms with Gasteiger partial charge in [0, 0.05) is 0 Å². The Labute approximate surface area is 155 Å². The first kappa shape index (κ1) is 16.7. The Morgan fingerprint density at radius 3 is 2.81 bits per heavy atom. The largest absolute Gasteiger partial charge is 0.467 e. The normalized spacial score (nSPS) is 18.8. The minimum Gasteiger partial charge on any atom is -0.467 e. The number of hydrogen-bond donors (Lipinski definition) is 2. The standard InChI is InChI=1S/C18H19N5O2S/c1-11-5-7-13(8-6-11)15-16(17(24)19-10-14-4-3-9-25-14)26-18-21-20-12(2)23(18)22-15/h3-9,15-16,22H,10H2,1-2H3,(H,19,24). The Kier molecular flexibility index (Phi) is 4.42.